The number of benzene rings is 2. The van der Waals surface area contributed by atoms with Crippen LogP contribution in [0, 0.1) is 0 Å². The Balaban J connectivity index is 1.91. The van der Waals surface area contributed by atoms with E-state index in [0.29, 0.717) is 12.3 Å². The zero-order valence-electron chi connectivity index (χ0n) is 15.2. The third-order valence-electron chi connectivity index (χ3n) is 5.12. The summed E-state index contributed by atoms with van der Waals surface area (Å²) >= 11 is 0. The van der Waals surface area contributed by atoms with Crippen LogP contribution >= 0.6 is 0 Å². The summed E-state index contributed by atoms with van der Waals surface area (Å²) in [5, 5.41) is 1.09. The van der Waals surface area contributed by atoms with Gasteiger partial charge in [-0.05, 0) is 48.1 Å². The van der Waals surface area contributed by atoms with Crippen molar-refractivity contribution in [2.45, 2.75) is 31.7 Å². The number of nitrogens with zero attached hydrogens (tertiary/aromatic N) is 1. The fraction of sp³-hybridized carbons (Fsp3) is 0.318. The van der Waals surface area contributed by atoms with Crippen LogP contribution in [-0.2, 0) is 22.5 Å². The first-order valence-electron chi connectivity index (χ1n) is 9.01. The van der Waals surface area contributed by atoms with Gasteiger partial charge >= 0.3 is 5.97 Å². The van der Waals surface area contributed by atoms with Gasteiger partial charge in [0, 0.05) is 23.1 Å². The summed E-state index contributed by atoms with van der Waals surface area (Å²) in [5.74, 6) is 1.13. The lowest BCUT2D eigenvalue weighted by molar-refractivity contribution is -0.139. The first-order chi connectivity index (χ1) is 12.7. The van der Waals surface area contributed by atoms with Crippen molar-refractivity contribution in [1.82, 2.24) is 4.57 Å². The number of aromatic nitrogens is 1. The molecule has 0 aliphatic heterocycles. The van der Waals surface area contributed by atoms with Gasteiger partial charge in [-0.15, -0.1) is 0 Å². The Hall–Kier alpha value is -2.75. The van der Waals surface area contributed by atoms with Gasteiger partial charge in [0.1, 0.15) is 5.75 Å². The van der Waals surface area contributed by atoms with Crippen LogP contribution in [-0.4, -0.2) is 24.8 Å². The number of esters is 1. The summed E-state index contributed by atoms with van der Waals surface area (Å²) in [4.78, 5) is 12.1. The average molecular weight is 349 g/mol. The molecule has 0 amide bonds. The molecule has 1 aliphatic carbocycles. The Bertz CT molecular complexity index is 939. The standard InChI is InChI=1S/C22H23NO3/c1-25-17-10-11-20-18(12-17)19(13-21(24)26-2)22(16-8-9-16)23(20)14-15-6-4-3-5-7-15/h3-7,10-12,16H,8-9,13-14H2,1-2H3. The van der Waals surface area contributed by atoms with Crippen LogP contribution in [0.15, 0.2) is 48.5 Å². The number of methoxy groups -OCH3 is 2. The van der Waals surface area contributed by atoms with Crippen LogP contribution in [0.25, 0.3) is 10.9 Å². The molecule has 0 unspecified atom stereocenters. The minimum absolute atomic E-state index is 0.200. The topological polar surface area (TPSA) is 40.5 Å². The molecule has 0 saturated heterocycles. The first kappa shape index (κ1) is 16.7. The Labute approximate surface area is 153 Å². The quantitative estimate of drug-likeness (QED) is 0.623. The highest BCUT2D eigenvalue weighted by Crippen LogP contribution is 2.46. The van der Waals surface area contributed by atoms with Gasteiger partial charge in [0.2, 0.25) is 0 Å². The highest BCUT2D eigenvalue weighted by Gasteiger charge is 2.32. The molecule has 0 bridgehead atoms. The van der Waals surface area contributed by atoms with Gasteiger partial charge < -0.3 is 14.0 Å². The smallest absolute Gasteiger partial charge is 0.310 e. The summed E-state index contributed by atoms with van der Waals surface area (Å²) in [6.07, 6.45) is 2.65. The van der Waals surface area contributed by atoms with Crippen molar-refractivity contribution in [1.29, 1.82) is 0 Å². The summed E-state index contributed by atoms with van der Waals surface area (Å²) in [6.45, 7) is 0.802. The van der Waals surface area contributed by atoms with Gasteiger partial charge in [0.05, 0.1) is 20.6 Å². The summed E-state index contributed by atoms with van der Waals surface area (Å²) in [7, 11) is 3.12. The van der Waals surface area contributed by atoms with Crippen molar-refractivity contribution in [2.24, 2.45) is 0 Å². The number of ether oxygens (including phenoxy) is 2. The van der Waals surface area contributed by atoms with Crippen LogP contribution in [0.3, 0.4) is 0 Å². The van der Waals surface area contributed by atoms with E-state index in [2.05, 4.69) is 34.9 Å². The fourth-order valence-electron chi connectivity index (χ4n) is 3.71. The van der Waals surface area contributed by atoms with Gasteiger partial charge in [0.25, 0.3) is 0 Å². The highest BCUT2D eigenvalue weighted by molar-refractivity contribution is 5.91. The van der Waals surface area contributed by atoms with Gasteiger partial charge in [-0.1, -0.05) is 30.3 Å². The van der Waals surface area contributed by atoms with Gasteiger partial charge in [0.15, 0.2) is 0 Å². The second kappa shape index (κ2) is 6.87. The Kier molecular flexibility index (Phi) is 4.41. The van der Waals surface area contributed by atoms with E-state index in [1.165, 1.54) is 31.2 Å². The second-order valence-electron chi connectivity index (χ2n) is 6.85. The molecule has 4 rings (SSSR count). The van der Waals surface area contributed by atoms with Crippen LogP contribution in [0.2, 0.25) is 0 Å². The molecule has 1 fully saturated rings. The number of carbonyl (C=O) groups excluding carboxylic acids is 1. The van der Waals surface area contributed by atoms with Gasteiger partial charge in [-0.25, -0.2) is 0 Å². The molecular formula is C22H23NO3. The number of fused-ring (bicyclic) bond motifs is 1. The van der Waals surface area contributed by atoms with E-state index in [9.17, 15) is 4.79 Å². The molecule has 26 heavy (non-hydrogen) atoms. The maximum atomic E-state index is 12.1. The summed E-state index contributed by atoms with van der Waals surface area (Å²) in [6, 6.07) is 16.6. The number of carbonyl (C=O) groups is 1. The predicted octanol–water partition coefficient (Wildman–Crippen LogP) is 4.29. The number of rotatable bonds is 6. The summed E-state index contributed by atoms with van der Waals surface area (Å²) in [5.41, 5.74) is 4.77. The Morgan fingerprint density at radius 1 is 1.12 bits per heavy atom. The third kappa shape index (κ3) is 3.07. The van der Waals surface area contributed by atoms with E-state index < -0.39 is 0 Å². The highest BCUT2D eigenvalue weighted by atomic mass is 16.5. The zero-order valence-corrected chi connectivity index (χ0v) is 15.2. The van der Waals surface area contributed by atoms with Crippen molar-refractivity contribution in [3.8, 4) is 5.75 Å². The molecule has 1 heterocycles. The second-order valence-corrected chi connectivity index (χ2v) is 6.85. The minimum atomic E-state index is -0.200. The number of hydrogen-bond donors (Lipinski definition) is 0. The zero-order chi connectivity index (χ0) is 18.1. The Morgan fingerprint density at radius 2 is 1.88 bits per heavy atom. The van der Waals surface area contributed by atoms with Gasteiger partial charge in [-0.3, -0.25) is 4.79 Å². The monoisotopic (exact) mass is 349 g/mol. The molecule has 0 radical (unpaired) electrons. The van der Waals surface area contributed by atoms with Crippen LogP contribution < -0.4 is 4.74 Å². The average Bonchev–Trinajstić information content (AvgIpc) is 3.47. The SMILES string of the molecule is COC(=O)Cc1c(C2CC2)n(Cc2ccccc2)c2ccc(OC)cc12. The van der Waals surface area contributed by atoms with Crippen LogP contribution in [0.1, 0.15) is 35.6 Å². The molecule has 1 aromatic heterocycles. The maximum Gasteiger partial charge on any atom is 0.310 e. The Morgan fingerprint density at radius 3 is 2.54 bits per heavy atom. The van der Waals surface area contributed by atoms with E-state index in [-0.39, 0.29) is 5.97 Å². The molecule has 3 aromatic rings. The van der Waals surface area contributed by atoms with Gasteiger partial charge in [-0.2, -0.15) is 0 Å². The van der Waals surface area contributed by atoms with Crippen molar-refractivity contribution in [2.75, 3.05) is 14.2 Å². The lowest BCUT2D eigenvalue weighted by Gasteiger charge is -2.12. The van der Waals surface area contributed by atoms with E-state index >= 15 is 0 Å². The molecule has 4 heteroatoms. The fourth-order valence-corrected chi connectivity index (χ4v) is 3.71. The van der Waals surface area contributed by atoms with E-state index in [1.54, 1.807) is 7.11 Å². The molecule has 0 atom stereocenters. The van der Waals surface area contributed by atoms with Crippen molar-refractivity contribution in [3.63, 3.8) is 0 Å². The third-order valence-corrected chi connectivity index (χ3v) is 5.12. The van der Waals surface area contributed by atoms with Crippen molar-refractivity contribution < 1.29 is 14.3 Å². The van der Waals surface area contributed by atoms with E-state index in [1.807, 2.05) is 18.2 Å². The lowest BCUT2D eigenvalue weighted by Crippen LogP contribution is -2.09. The van der Waals surface area contributed by atoms with E-state index in [4.69, 9.17) is 9.47 Å². The number of hydrogen-bond acceptors (Lipinski definition) is 3. The largest absolute Gasteiger partial charge is 0.497 e. The molecular weight excluding hydrogens is 326 g/mol. The molecule has 0 N–H and O–H groups in total. The molecule has 1 saturated carbocycles. The molecule has 2 aromatic carbocycles. The molecule has 1 aliphatic rings. The molecule has 0 spiro atoms. The molecule has 4 nitrogen and oxygen atoms in total. The minimum Gasteiger partial charge on any atom is -0.497 e. The van der Waals surface area contributed by atoms with Crippen molar-refractivity contribution in [3.05, 3.63) is 65.4 Å². The van der Waals surface area contributed by atoms with Crippen LogP contribution in [0.4, 0.5) is 0 Å². The van der Waals surface area contributed by atoms with Crippen molar-refractivity contribution >= 4 is 16.9 Å². The normalized spacial score (nSPS) is 13.8. The lowest BCUT2D eigenvalue weighted by atomic mass is 10.0. The molecule has 134 valence electrons. The maximum absolute atomic E-state index is 12.1. The predicted molar refractivity (Wildman–Crippen MR) is 102 cm³/mol. The summed E-state index contributed by atoms with van der Waals surface area (Å²) < 4.78 is 12.8. The van der Waals surface area contributed by atoms with E-state index in [0.717, 1.165) is 28.8 Å². The van der Waals surface area contributed by atoms with Crippen LogP contribution in [0.5, 0.6) is 5.75 Å². The first-order valence-corrected chi connectivity index (χ1v) is 9.01.